The van der Waals surface area contributed by atoms with Gasteiger partial charge in [0, 0.05) is 61.2 Å². The Kier molecular flexibility index (Phi) is 7.07. The van der Waals surface area contributed by atoms with Crippen LogP contribution in [0, 0.1) is 0 Å². The number of nitrogens with zero attached hydrogens (tertiary/aromatic N) is 4. The zero-order chi connectivity index (χ0) is 24.0. The minimum atomic E-state index is 0.587. The maximum absolute atomic E-state index is 5.84. The van der Waals surface area contributed by atoms with Crippen LogP contribution < -0.4 is 20.3 Å². The molecule has 4 aromatic rings. The van der Waals surface area contributed by atoms with Crippen LogP contribution in [-0.2, 0) is 0 Å². The van der Waals surface area contributed by atoms with Crippen molar-refractivity contribution >= 4 is 28.2 Å². The SMILES string of the molecule is CN(C)CCOc1ccc(-c2cccc3cnc(Nc4ccc(N5CCNCC5)cc4)nc23)cc1. The highest BCUT2D eigenvalue weighted by atomic mass is 16.5. The van der Waals surface area contributed by atoms with Crippen LogP contribution in [0.4, 0.5) is 17.3 Å². The molecule has 0 spiro atoms. The minimum Gasteiger partial charge on any atom is -0.492 e. The number of benzene rings is 3. The standard InChI is InChI=1S/C28H32N6O/c1-33(2)18-19-35-25-12-6-21(7-13-25)26-5-3-4-22-20-30-28(32-27(22)26)31-23-8-10-24(11-9-23)34-16-14-29-15-17-34/h3-13,20,29H,14-19H2,1-2H3,(H,30,31,32). The molecule has 2 heterocycles. The van der Waals surface area contributed by atoms with Crippen molar-refractivity contribution in [3.8, 4) is 16.9 Å². The van der Waals surface area contributed by atoms with Gasteiger partial charge in [-0.3, -0.25) is 0 Å². The monoisotopic (exact) mass is 468 g/mol. The second-order valence-electron chi connectivity index (χ2n) is 9.02. The van der Waals surface area contributed by atoms with Gasteiger partial charge in [0.2, 0.25) is 5.95 Å². The van der Waals surface area contributed by atoms with Gasteiger partial charge in [-0.15, -0.1) is 0 Å². The van der Waals surface area contributed by atoms with Crippen molar-refractivity contribution in [3.05, 3.63) is 72.9 Å². The zero-order valence-corrected chi connectivity index (χ0v) is 20.4. The van der Waals surface area contributed by atoms with Crippen LogP contribution in [0.5, 0.6) is 5.75 Å². The average molecular weight is 469 g/mol. The van der Waals surface area contributed by atoms with Crippen molar-refractivity contribution in [1.82, 2.24) is 20.2 Å². The molecule has 0 amide bonds. The summed E-state index contributed by atoms with van der Waals surface area (Å²) in [5.41, 5.74) is 5.30. The molecule has 3 aromatic carbocycles. The van der Waals surface area contributed by atoms with Gasteiger partial charge in [-0.05, 0) is 56.1 Å². The predicted molar refractivity (Wildman–Crippen MR) is 144 cm³/mol. The first-order valence-corrected chi connectivity index (χ1v) is 12.1. The number of para-hydroxylation sites is 1. The molecule has 0 unspecified atom stereocenters. The number of hydrogen-bond donors (Lipinski definition) is 2. The minimum absolute atomic E-state index is 0.587. The van der Waals surface area contributed by atoms with Crippen LogP contribution in [0.15, 0.2) is 72.9 Å². The fourth-order valence-corrected chi connectivity index (χ4v) is 4.23. The Labute approximate surface area is 206 Å². The molecule has 7 nitrogen and oxygen atoms in total. The van der Waals surface area contributed by atoms with Gasteiger partial charge in [-0.25, -0.2) is 9.97 Å². The van der Waals surface area contributed by atoms with Gasteiger partial charge in [0.25, 0.3) is 0 Å². The Morgan fingerprint density at radius 2 is 1.74 bits per heavy atom. The van der Waals surface area contributed by atoms with Gasteiger partial charge in [0.1, 0.15) is 12.4 Å². The molecule has 1 aromatic heterocycles. The Bertz CT molecular complexity index is 1250. The number of ether oxygens (including phenoxy) is 1. The zero-order valence-electron chi connectivity index (χ0n) is 20.4. The fourth-order valence-electron chi connectivity index (χ4n) is 4.23. The maximum Gasteiger partial charge on any atom is 0.227 e. The van der Waals surface area contributed by atoms with Crippen LogP contribution in [0.25, 0.3) is 22.0 Å². The number of likely N-dealkylation sites (N-methyl/N-ethyl adjacent to an activating group) is 1. The summed E-state index contributed by atoms with van der Waals surface area (Å²) in [4.78, 5) is 13.9. The molecule has 1 fully saturated rings. The predicted octanol–water partition coefficient (Wildman–Crippen LogP) is 4.39. The normalized spacial score (nSPS) is 13.9. The first-order chi connectivity index (χ1) is 17.2. The van der Waals surface area contributed by atoms with E-state index in [4.69, 9.17) is 9.72 Å². The Balaban J connectivity index is 1.33. The molecule has 35 heavy (non-hydrogen) atoms. The number of fused-ring (bicyclic) bond motifs is 1. The smallest absolute Gasteiger partial charge is 0.227 e. The molecular weight excluding hydrogens is 436 g/mol. The lowest BCUT2D eigenvalue weighted by atomic mass is 10.0. The van der Waals surface area contributed by atoms with Gasteiger partial charge in [-0.2, -0.15) is 0 Å². The number of aromatic nitrogens is 2. The molecule has 1 aliphatic heterocycles. The largest absolute Gasteiger partial charge is 0.492 e. The maximum atomic E-state index is 5.84. The summed E-state index contributed by atoms with van der Waals surface area (Å²) in [5, 5.41) is 7.77. The van der Waals surface area contributed by atoms with Gasteiger partial charge in [0.05, 0.1) is 5.52 Å². The molecule has 1 saturated heterocycles. The van der Waals surface area contributed by atoms with Crippen LogP contribution in [0.2, 0.25) is 0 Å². The molecule has 180 valence electrons. The van der Waals surface area contributed by atoms with E-state index in [1.807, 2.05) is 44.6 Å². The summed E-state index contributed by atoms with van der Waals surface area (Å²) >= 11 is 0. The Morgan fingerprint density at radius 1 is 0.971 bits per heavy atom. The number of anilines is 3. The summed E-state index contributed by atoms with van der Waals surface area (Å²) < 4.78 is 5.84. The fraction of sp³-hybridized carbons (Fsp3) is 0.286. The molecule has 5 rings (SSSR count). The van der Waals surface area contributed by atoms with Crippen molar-refractivity contribution in [2.45, 2.75) is 0 Å². The summed E-state index contributed by atoms with van der Waals surface area (Å²) in [6.07, 6.45) is 1.88. The first kappa shape index (κ1) is 23.1. The van der Waals surface area contributed by atoms with E-state index in [0.717, 1.165) is 66.2 Å². The Hall–Kier alpha value is -3.68. The summed E-state index contributed by atoms with van der Waals surface area (Å²) in [7, 11) is 4.08. The highest BCUT2D eigenvalue weighted by Crippen LogP contribution is 2.29. The molecule has 1 aliphatic rings. The summed E-state index contributed by atoms with van der Waals surface area (Å²) in [6.45, 7) is 5.67. The van der Waals surface area contributed by atoms with Gasteiger partial charge < -0.3 is 25.2 Å². The molecule has 0 bridgehead atoms. The third-order valence-electron chi connectivity index (χ3n) is 6.19. The van der Waals surface area contributed by atoms with E-state index in [-0.39, 0.29) is 0 Å². The van der Waals surface area contributed by atoms with Gasteiger partial charge >= 0.3 is 0 Å². The van der Waals surface area contributed by atoms with E-state index in [2.05, 4.69) is 67.9 Å². The van der Waals surface area contributed by atoms with Gasteiger partial charge in [-0.1, -0.05) is 30.3 Å². The lowest BCUT2D eigenvalue weighted by Crippen LogP contribution is -2.43. The highest BCUT2D eigenvalue weighted by molar-refractivity contribution is 5.94. The number of hydrogen-bond acceptors (Lipinski definition) is 7. The van der Waals surface area contributed by atoms with Gasteiger partial charge in [0.15, 0.2) is 0 Å². The molecule has 2 N–H and O–H groups in total. The lowest BCUT2D eigenvalue weighted by Gasteiger charge is -2.29. The number of piperazine rings is 1. The molecular formula is C28H32N6O. The topological polar surface area (TPSA) is 65.6 Å². The summed E-state index contributed by atoms with van der Waals surface area (Å²) in [6, 6.07) is 22.9. The van der Waals surface area contributed by atoms with Crippen LogP contribution in [0.3, 0.4) is 0 Å². The van der Waals surface area contributed by atoms with Crippen LogP contribution >= 0.6 is 0 Å². The quantitative estimate of drug-likeness (QED) is 0.398. The summed E-state index contributed by atoms with van der Waals surface area (Å²) in [5.74, 6) is 1.46. The third kappa shape index (κ3) is 5.70. The molecule has 0 saturated carbocycles. The van der Waals surface area contributed by atoms with Crippen molar-refractivity contribution in [1.29, 1.82) is 0 Å². The number of rotatable bonds is 8. The van der Waals surface area contributed by atoms with Crippen molar-refractivity contribution in [2.75, 3.05) is 63.6 Å². The first-order valence-electron chi connectivity index (χ1n) is 12.1. The van der Waals surface area contributed by atoms with Crippen molar-refractivity contribution < 1.29 is 4.74 Å². The van der Waals surface area contributed by atoms with E-state index >= 15 is 0 Å². The average Bonchev–Trinajstić information content (AvgIpc) is 2.89. The molecule has 0 radical (unpaired) electrons. The molecule has 7 heteroatoms. The number of nitrogens with one attached hydrogen (secondary N) is 2. The Morgan fingerprint density at radius 3 is 2.49 bits per heavy atom. The van der Waals surface area contributed by atoms with E-state index < -0.39 is 0 Å². The van der Waals surface area contributed by atoms with Crippen molar-refractivity contribution in [3.63, 3.8) is 0 Å². The van der Waals surface area contributed by atoms with E-state index in [1.165, 1.54) is 5.69 Å². The second kappa shape index (κ2) is 10.7. The second-order valence-corrected chi connectivity index (χ2v) is 9.02. The molecule has 0 aliphatic carbocycles. The third-order valence-corrected chi connectivity index (χ3v) is 6.19. The van der Waals surface area contributed by atoms with Crippen LogP contribution in [-0.4, -0.2) is 68.3 Å². The van der Waals surface area contributed by atoms with Crippen molar-refractivity contribution in [2.24, 2.45) is 0 Å². The lowest BCUT2D eigenvalue weighted by molar-refractivity contribution is 0.261. The van der Waals surface area contributed by atoms with E-state index in [9.17, 15) is 0 Å². The van der Waals surface area contributed by atoms with Crippen LogP contribution in [0.1, 0.15) is 0 Å². The highest BCUT2D eigenvalue weighted by Gasteiger charge is 2.11. The van der Waals surface area contributed by atoms with E-state index in [1.54, 1.807) is 0 Å². The van der Waals surface area contributed by atoms with E-state index in [0.29, 0.717) is 12.6 Å². The molecule has 0 atom stereocenters.